The summed E-state index contributed by atoms with van der Waals surface area (Å²) in [6.45, 7) is 1.99. The zero-order valence-corrected chi connectivity index (χ0v) is 16.3. The second kappa shape index (κ2) is 8.71. The highest BCUT2D eigenvalue weighted by molar-refractivity contribution is 7.92. The number of carbonyl (C=O) groups excluding carboxylic acids is 1. The molecule has 2 N–H and O–H groups in total. The minimum atomic E-state index is -3.79. The number of sulfonamides is 1. The molecule has 1 unspecified atom stereocenters. The van der Waals surface area contributed by atoms with Gasteiger partial charge in [-0.05, 0) is 42.3 Å². The molecule has 0 aliphatic carbocycles. The fourth-order valence-electron chi connectivity index (χ4n) is 2.87. The van der Waals surface area contributed by atoms with E-state index < -0.39 is 10.0 Å². The van der Waals surface area contributed by atoms with E-state index in [2.05, 4.69) is 10.0 Å². The highest BCUT2D eigenvalue weighted by Crippen LogP contribution is 2.19. The predicted octanol–water partition coefficient (Wildman–Crippen LogP) is 4.37. The maximum Gasteiger partial charge on any atom is 0.261 e. The SMILES string of the molecule is CCC(NC(=O)c1cccc(S(=O)(=O)Nc2ccccc2)c1)c1ccccc1. The topological polar surface area (TPSA) is 75.3 Å². The molecular formula is C22H22N2O3S. The first-order chi connectivity index (χ1) is 13.5. The Kier molecular flexibility index (Phi) is 6.11. The Balaban J connectivity index is 1.79. The Morgan fingerprint density at radius 1 is 0.893 bits per heavy atom. The Labute approximate surface area is 165 Å². The molecule has 6 heteroatoms. The standard InChI is InChI=1S/C22H22N2O3S/c1-2-21(17-10-5-3-6-11-17)23-22(25)18-12-9-15-20(16-18)28(26,27)24-19-13-7-4-8-14-19/h3-16,21,24H,2H2,1H3,(H,23,25). The van der Waals surface area contributed by atoms with E-state index in [0.29, 0.717) is 11.3 Å². The number of para-hydroxylation sites is 1. The maximum absolute atomic E-state index is 12.7. The molecule has 0 aliphatic heterocycles. The van der Waals surface area contributed by atoms with Gasteiger partial charge in [-0.3, -0.25) is 9.52 Å². The van der Waals surface area contributed by atoms with Gasteiger partial charge in [0.05, 0.1) is 10.9 Å². The Morgan fingerprint density at radius 2 is 1.54 bits per heavy atom. The lowest BCUT2D eigenvalue weighted by atomic mass is 10.0. The fraction of sp³-hybridized carbons (Fsp3) is 0.136. The average Bonchev–Trinajstić information content (AvgIpc) is 2.73. The van der Waals surface area contributed by atoms with Crippen molar-refractivity contribution in [2.24, 2.45) is 0 Å². The first-order valence-corrected chi connectivity index (χ1v) is 10.5. The van der Waals surface area contributed by atoms with Crippen LogP contribution in [-0.2, 0) is 10.0 Å². The van der Waals surface area contributed by atoms with Gasteiger partial charge < -0.3 is 5.32 Å². The van der Waals surface area contributed by atoms with Gasteiger partial charge in [0.1, 0.15) is 0 Å². The van der Waals surface area contributed by atoms with Crippen LogP contribution in [0.1, 0.15) is 35.3 Å². The lowest BCUT2D eigenvalue weighted by Gasteiger charge is -2.18. The van der Waals surface area contributed by atoms with E-state index in [4.69, 9.17) is 0 Å². The highest BCUT2D eigenvalue weighted by Gasteiger charge is 2.18. The number of hydrogen-bond acceptors (Lipinski definition) is 3. The molecule has 0 radical (unpaired) electrons. The quantitative estimate of drug-likeness (QED) is 0.625. The number of rotatable bonds is 7. The minimum absolute atomic E-state index is 0.0387. The van der Waals surface area contributed by atoms with Crippen LogP contribution in [0.3, 0.4) is 0 Å². The van der Waals surface area contributed by atoms with Crippen LogP contribution in [0.15, 0.2) is 89.8 Å². The first-order valence-electron chi connectivity index (χ1n) is 9.03. The van der Waals surface area contributed by atoms with Crippen LogP contribution in [0.25, 0.3) is 0 Å². The third-order valence-electron chi connectivity index (χ3n) is 4.35. The smallest absolute Gasteiger partial charge is 0.261 e. The molecule has 0 bridgehead atoms. The molecule has 1 amide bonds. The van der Waals surface area contributed by atoms with Crippen LogP contribution in [0.2, 0.25) is 0 Å². The van der Waals surface area contributed by atoms with E-state index >= 15 is 0 Å². The summed E-state index contributed by atoms with van der Waals surface area (Å²) in [4.78, 5) is 12.7. The maximum atomic E-state index is 12.7. The van der Waals surface area contributed by atoms with E-state index in [0.717, 1.165) is 12.0 Å². The Bertz CT molecular complexity index is 1040. The first kappa shape index (κ1) is 19.6. The summed E-state index contributed by atoms with van der Waals surface area (Å²) in [6.07, 6.45) is 0.726. The van der Waals surface area contributed by atoms with Crippen LogP contribution in [0.4, 0.5) is 5.69 Å². The van der Waals surface area contributed by atoms with Gasteiger partial charge in [-0.1, -0.05) is 61.5 Å². The minimum Gasteiger partial charge on any atom is -0.345 e. The van der Waals surface area contributed by atoms with Crippen LogP contribution in [-0.4, -0.2) is 14.3 Å². The predicted molar refractivity (Wildman–Crippen MR) is 111 cm³/mol. The van der Waals surface area contributed by atoms with Crippen LogP contribution in [0, 0.1) is 0 Å². The molecule has 1 atom stereocenters. The summed E-state index contributed by atoms with van der Waals surface area (Å²) in [6, 6.07) is 24.2. The number of carbonyl (C=O) groups is 1. The molecule has 3 rings (SSSR count). The molecule has 0 spiro atoms. The monoisotopic (exact) mass is 394 g/mol. The number of nitrogens with one attached hydrogen (secondary N) is 2. The van der Waals surface area contributed by atoms with Crippen molar-refractivity contribution in [2.75, 3.05) is 4.72 Å². The molecule has 0 aromatic heterocycles. The Morgan fingerprint density at radius 3 is 2.18 bits per heavy atom. The highest BCUT2D eigenvalue weighted by atomic mass is 32.2. The third kappa shape index (κ3) is 4.78. The van der Waals surface area contributed by atoms with Crippen molar-refractivity contribution < 1.29 is 13.2 Å². The molecule has 0 fully saturated rings. The van der Waals surface area contributed by atoms with Crippen molar-refractivity contribution in [3.05, 3.63) is 96.1 Å². The van der Waals surface area contributed by atoms with E-state index in [-0.39, 0.29) is 16.8 Å². The summed E-state index contributed by atoms with van der Waals surface area (Å²) < 4.78 is 27.8. The molecule has 28 heavy (non-hydrogen) atoms. The normalized spacial score (nSPS) is 12.2. The third-order valence-corrected chi connectivity index (χ3v) is 5.73. The van der Waals surface area contributed by atoms with Crippen LogP contribution in [0.5, 0.6) is 0 Å². The van der Waals surface area contributed by atoms with Crippen molar-refractivity contribution in [3.8, 4) is 0 Å². The molecule has 3 aromatic carbocycles. The average molecular weight is 394 g/mol. The van der Waals surface area contributed by atoms with Gasteiger partial charge in [0, 0.05) is 11.3 Å². The van der Waals surface area contributed by atoms with Gasteiger partial charge >= 0.3 is 0 Å². The Hall–Kier alpha value is -3.12. The molecule has 0 heterocycles. The summed E-state index contributed by atoms with van der Waals surface area (Å²) in [5, 5.41) is 2.97. The van der Waals surface area contributed by atoms with Crippen LogP contribution >= 0.6 is 0 Å². The van der Waals surface area contributed by atoms with Gasteiger partial charge in [-0.25, -0.2) is 8.42 Å². The molecule has 0 aliphatic rings. The largest absolute Gasteiger partial charge is 0.345 e. The fourth-order valence-corrected chi connectivity index (χ4v) is 3.98. The molecule has 5 nitrogen and oxygen atoms in total. The van der Waals surface area contributed by atoms with Crippen molar-refractivity contribution in [1.82, 2.24) is 5.32 Å². The summed E-state index contributed by atoms with van der Waals surface area (Å²) >= 11 is 0. The van der Waals surface area contributed by atoms with Crippen molar-refractivity contribution in [2.45, 2.75) is 24.3 Å². The molecule has 144 valence electrons. The number of amides is 1. The summed E-state index contributed by atoms with van der Waals surface area (Å²) in [7, 11) is -3.79. The molecular weight excluding hydrogens is 372 g/mol. The van der Waals surface area contributed by atoms with Gasteiger partial charge in [0.25, 0.3) is 15.9 Å². The van der Waals surface area contributed by atoms with Crippen LogP contribution < -0.4 is 10.0 Å². The molecule has 3 aromatic rings. The lowest BCUT2D eigenvalue weighted by molar-refractivity contribution is 0.0935. The second-order valence-electron chi connectivity index (χ2n) is 6.34. The zero-order chi connectivity index (χ0) is 20.0. The number of hydrogen-bond donors (Lipinski definition) is 2. The second-order valence-corrected chi connectivity index (χ2v) is 8.03. The lowest BCUT2D eigenvalue weighted by Crippen LogP contribution is -2.28. The number of benzene rings is 3. The van der Waals surface area contributed by atoms with Crippen molar-refractivity contribution in [3.63, 3.8) is 0 Å². The summed E-state index contributed by atoms with van der Waals surface area (Å²) in [5.74, 6) is -0.313. The van der Waals surface area contributed by atoms with E-state index in [1.54, 1.807) is 42.5 Å². The van der Waals surface area contributed by atoms with E-state index in [1.165, 1.54) is 12.1 Å². The summed E-state index contributed by atoms with van der Waals surface area (Å²) in [5.41, 5.74) is 1.77. The van der Waals surface area contributed by atoms with Gasteiger partial charge in [-0.2, -0.15) is 0 Å². The van der Waals surface area contributed by atoms with Gasteiger partial charge in [-0.15, -0.1) is 0 Å². The van der Waals surface area contributed by atoms with Gasteiger partial charge in [0.15, 0.2) is 0 Å². The molecule has 0 saturated carbocycles. The van der Waals surface area contributed by atoms with Gasteiger partial charge in [0.2, 0.25) is 0 Å². The number of anilines is 1. The van der Waals surface area contributed by atoms with Crippen molar-refractivity contribution >= 4 is 21.6 Å². The van der Waals surface area contributed by atoms with E-state index in [9.17, 15) is 13.2 Å². The zero-order valence-electron chi connectivity index (χ0n) is 15.5. The molecule has 0 saturated heterocycles. The van der Waals surface area contributed by atoms with Crippen molar-refractivity contribution in [1.29, 1.82) is 0 Å². The van der Waals surface area contributed by atoms with E-state index in [1.807, 2.05) is 37.3 Å².